The fraction of sp³-hybridized carbons (Fsp3) is 0.438. The standard InChI is InChI=1S/C16H19N3O5S/c1-11-5-6-13-12(9-11)19(10-14(20)24-2)17-15(25(13,22)23)16(21)18-7-3-4-8-18/h5-6,9H,3-4,7-8,10H2,1-2H3. The lowest BCUT2D eigenvalue weighted by Crippen LogP contribution is -2.43. The molecule has 2 heterocycles. The fourth-order valence-corrected chi connectivity index (χ4v) is 4.36. The van der Waals surface area contributed by atoms with E-state index in [0.717, 1.165) is 18.4 Å². The summed E-state index contributed by atoms with van der Waals surface area (Å²) in [5, 5.41) is 4.69. The van der Waals surface area contributed by atoms with Gasteiger partial charge in [0.05, 0.1) is 17.7 Å². The minimum atomic E-state index is -4.05. The number of fused-ring (bicyclic) bond motifs is 1. The molecule has 1 amide bonds. The molecule has 0 atom stereocenters. The second kappa shape index (κ2) is 6.47. The first-order valence-electron chi connectivity index (χ1n) is 7.92. The van der Waals surface area contributed by atoms with Crippen LogP contribution in [0.2, 0.25) is 0 Å². The van der Waals surface area contributed by atoms with E-state index in [0.29, 0.717) is 13.1 Å². The average molecular weight is 365 g/mol. The molecule has 3 rings (SSSR count). The molecule has 0 bridgehead atoms. The van der Waals surface area contributed by atoms with Gasteiger partial charge in [-0.1, -0.05) is 6.07 Å². The predicted octanol–water partition coefficient (Wildman–Crippen LogP) is 0.698. The maximum Gasteiger partial charge on any atom is 0.327 e. The molecular formula is C16H19N3O5S. The van der Waals surface area contributed by atoms with Crippen molar-refractivity contribution >= 4 is 32.4 Å². The van der Waals surface area contributed by atoms with Crippen molar-refractivity contribution in [2.75, 3.05) is 31.8 Å². The zero-order valence-electron chi connectivity index (χ0n) is 14.1. The van der Waals surface area contributed by atoms with Crippen LogP contribution in [0.5, 0.6) is 0 Å². The van der Waals surface area contributed by atoms with Crippen LogP contribution in [-0.2, 0) is 24.2 Å². The maximum atomic E-state index is 12.9. The Kier molecular flexibility index (Phi) is 4.51. The Labute approximate surface area is 146 Å². The van der Waals surface area contributed by atoms with Gasteiger partial charge in [0, 0.05) is 13.1 Å². The van der Waals surface area contributed by atoms with Gasteiger partial charge in [-0.3, -0.25) is 14.6 Å². The molecule has 0 radical (unpaired) electrons. The van der Waals surface area contributed by atoms with Gasteiger partial charge >= 0.3 is 5.97 Å². The number of nitrogens with zero attached hydrogens (tertiary/aromatic N) is 3. The first kappa shape index (κ1) is 17.4. The average Bonchev–Trinajstić information content (AvgIpc) is 3.11. The summed E-state index contributed by atoms with van der Waals surface area (Å²) >= 11 is 0. The molecule has 0 aromatic heterocycles. The van der Waals surface area contributed by atoms with Crippen LogP contribution in [0.1, 0.15) is 18.4 Å². The molecule has 2 aliphatic heterocycles. The van der Waals surface area contributed by atoms with Crippen LogP contribution in [0.4, 0.5) is 5.69 Å². The van der Waals surface area contributed by atoms with Crippen molar-refractivity contribution in [1.29, 1.82) is 0 Å². The van der Waals surface area contributed by atoms with Crippen LogP contribution >= 0.6 is 0 Å². The molecule has 0 N–H and O–H groups in total. The number of carbonyl (C=O) groups is 2. The second-order valence-electron chi connectivity index (χ2n) is 6.01. The van der Waals surface area contributed by atoms with Crippen molar-refractivity contribution in [2.45, 2.75) is 24.7 Å². The van der Waals surface area contributed by atoms with Crippen LogP contribution < -0.4 is 5.01 Å². The summed E-state index contributed by atoms with van der Waals surface area (Å²) in [7, 11) is -2.81. The van der Waals surface area contributed by atoms with Gasteiger partial charge in [0.2, 0.25) is 14.9 Å². The monoisotopic (exact) mass is 365 g/mol. The molecule has 2 aliphatic rings. The molecule has 0 saturated carbocycles. The zero-order chi connectivity index (χ0) is 18.2. The number of carbonyl (C=O) groups excluding carboxylic acids is 2. The van der Waals surface area contributed by atoms with Crippen LogP contribution in [0.3, 0.4) is 0 Å². The van der Waals surface area contributed by atoms with E-state index < -0.39 is 26.8 Å². The van der Waals surface area contributed by atoms with E-state index in [-0.39, 0.29) is 17.1 Å². The summed E-state index contributed by atoms with van der Waals surface area (Å²) < 4.78 is 30.4. The van der Waals surface area contributed by atoms with Gasteiger partial charge in [-0.15, -0.1) is 0 Å². The first-order chi connectivity index (χ1) is 11.8. The number of anilines is 1. The fourth-order valence-electron chi connectivity index (χ4n) is 2.90. The molecular weight excluding hydrogens is 346 g/mol. The lowest BCUT2D eigenvalue weighted by molar-refractivity contribution is -0.139. The predicted molar refractivity (Wildman–Crippen MR) is 91.0 cm³/mol. The summed E-state index contributed by atoms with van der Waals surface area (Å²) in [6, 6.07) is 4.71. The van der Waals surface area contributed by atoms with E-state index in [1.165, 1.54) is 23.1 Å². The Balaban J connectivity index is 2.09. The van der Waals surface area contributed by atoms with E-state index in [4.69, 9.17) is 0 Å². The van der Waals surface area contributed by atoms with Crippen LogP contribution in [0.25, 0.3) is 0 Å². The highest BCUT2D eigenvalue weighted by Crippen LogP contribution is 2.33. The summed E-state index contributed by atoms with van der Waals surface area (Å²) in [6.45, 7) is 2.54. The quantitative estimate of drug-likeness (QED) is 0.732. The van der Waals surface area contributed by atoms with E-state index in [9.17, 15) is 18.0 Å². The molecule has 1 fully saturated rings. The van der Waals surface area contributed by atoms with Crippen molar-refractivity contribution in [3.05, 3.63) is 23.8 Å². The molecule has 8 nitrogen and oxygen atoms in total. The van der Waals surface area contributed by atoms with Crippen LogP contribution in [-0.4, -0.2) is 57.0 Å². The highest BCUT2D eigenvalue weighted by molar-refractivity contribution is 8.08. The Morgan fingerprint density at radius 1 is 1.24 bits per heavy atom. The molecule has 0 spiro atoms. The number of esters is 1. The van der Waals surface area contributed by atoms with Crippen molar-refractivity contribution in [2.24, 2.45) is 5.10 Å². The molecule has 1 aromatic rings. The van der Waals surface area contributed by atoms with E-state index in [1.807, 2.05) is 0 Å². The normalized spacial score (nSPS) is 18.6. The van der Waals surface area contributed by atoms with Crippen molar-refractivity contribution in [1.82, 2.24) is 4.90 Å². The third kappa shape index (κ3) is 3.11. The molecule has 134 valence electrons. The van der Waals surface area contributed by atoms with E-state index in [1.54, 1.807) is 19.1 Å². The Bertz CT molecular complexity index is 857. The summed E-state index contributed by atoms with van der Waals surface area (Å²) in [6.07, 6.45) is 1.67. The Hall–Kier alpha value is -2.42. The summed E-state index contributed by atoms with van der Waals surface area (Å²) in [5.74, 6) is -1.21. The van der Waals surface area contributed by atoms with Crippen molar-refractivity contribution < 1.29 is 22.7 Å². The molecule has 9 heteroatoms. The van der Waals surface area contributed by atoms with Gasteiger partial charge < -0.3 is 9.64 Å². The molecule has 1 aromatic carbocycles. The lowest BCUT2D eigenvalue weighted by Gasteiger charge is -2.28. The van der Waals surface area contributed by atoms with Gasteiger partial charge in [-0.25, -0.2) is 8.42 Å². The van der Waals surface area contributed by atoms with E-state index in [2.05, 4.69) is 9.84 Å². The molecule has 0 unspecified atom stereocenters. The van der Waals surface area contributed by atoms with Gasteiger partial charge in [0.1, 0.15) is 6.54 Å². The third-order valence-electron chi connectivity index (χ3n) is 4.23. The number of hydrogen-bond acceptors (Lipinski definition) is 7. The largest absolute Gasteiger partial charge is 0.468 e. The smallest absolute Gasteiger partial charge is 0.327 e. The third-order valence-corrected chi connectivity index (χ3v) is 5.92. The number of methoxy groups -OCH3 is 1. The second-order valence-corrected chi connectivity index (χ2v) is 7.85. The van der Waals surface area contributed by atoms with Gasteiger partial charge in [0.15, 0.2) is 0 Å². The Morgan fingerprint density at radius 3 is 2.56 bits per heavy atom. The van der Waals surface area contributed by atoms with Gasteiger partial charge in [0.25, 0.3) is 5.91 Å². The minimum absolute atomic E-state index is 0.0282. The SMILES string of the molecule is COC(=O)CN1N=C(C(=O)N2CCCC2)S(=O)(=O)c2ccc(C)cc21. The van der Waals surface area contributed by atoms with Crippen LogP contribution in [0, 0.1) is 6.92 Å². The zero-order valence-corrected chi connectivity index (χ0v) is 14.9. The Morgan fingerprint density at radius 2 is 1.92 bits per heavy atom. The summed E-state index contributed by atoms with van der Waals surface area (Å²) in [4.78, 5) is 25.8. The number of amides is 1. The van der Waals surface area contributed by atoms with E-state index >= 15 is 0 Å². The van der Waals surface area contributed by atoms with Gasteiger partial charge in [-0.05, 0) is 37.5 Å². The lowest BCUT2D eigenvalue weighted by atomic mass is 10.2. The number of likely N-dealkylation sites (tertiary alicyclic amines) is 1. The number of hydrogen-bond donors (Lipinski definition) is 0. The highest BCUT2D eigenvalue weighted by atomic mass is 32.2. The number of rotatable bonds is 3. The summed E-state index contributed by atoms with van der Waals surface area (Å²) in [5.41, 5.74) is 1.08. The number of hydrazone groups is 1. The number of ether oxygens (including phenoxy) is 1. The van der Waals surface area contributed by atoms with Crippen molar-refractivity contribution in [3.63, 3.8) is 0 Å². The van der Waals surface area contributed by atoms with Crippen LogP contribution in [0.15, 0.2) is 28.2 Å². The van der Waals surface area contributed by atoms with Crippen molar-refractivity contribution in [3.8, 4) is 0 Å². The number of aryl methyl sites for hydroxylation is 1. The minimum Gasteiger partial charge on any atom is -0.468 e. The molecule has 1 saturated heterocycles. The number of sulfone groups is 1. The molecule has 0 aliphatic carbocycles. The van der Waals surface area contributed by atoms with Gasteiger partial charge in [-0.2, -0.15) is 5.10 Å². The topological polar surface area (TPSA) is 96.3 Å². The highest BCUT2D eigenvalue weighted by Gasteiger charge is 2.40. The first-order valence-corrected chi connectivity index (χ1v) is 9.41. The molecule has 25 heavy (non-hydrogen) atoms. The maximum absolute atomic E-state index is 12.9. The number of benzene rings is 1.